The van der Waals surface area contributed by atoms with E-state index < -0.39 is 10.5 Å². The topological polar surface area (TPSA) is 126 Å². The van der Waals surface area contributed by atoms with Crippen molar-refractivity contribution in [3.8, 4) is 11.3 Å². The maximum atomic E-state index is 11.6. The van der Waals surface area contributed by atoms with Gasteiger partial charge in [0.1, 0.15) is 5.84 Å². The molecule has 19 heavy (non-hydrogen) atoms. The Morgan fingerprint density at radius 1 is 1.21 bits per heavy atom. The molecule has 1 aromatic carbocycles. The predicted molar refractivity (Wildman–Crippen MR) is 70.2 cm³/mol. The highest BCUT2D eigenvalue weighted by atomic mass is 16.6. The number of nitrogens with two attached hydrogens (primary N) is 1. The molecule has 0 aliphatic carbocycles. The van der Waals surface area contributed by atoms with Gasteiger partial charge in [-0.25, -0.2) is 0 Å². The fourth-order valence-electron chi connectivity index (χ4n) is 1.62. The second kappa shape index (κ2) is 4.73. The van der Waals surface area contributed by atoms with E-state index in [4.69, 9.17) is 11.1 Å². The number of non-ortho nitro benzene ring substituents is 1. The number of nitrogens with zero attached hydrogens (tertiary/aromatic N) is 1. The maximum Gasteiger partial charge on any atom is 0.269 e. The quantitative estimate of drug-likeness (QED) is 0.331. The summed E-state index contributed by atoms with van der Waals surface area (Å²) in [6, 6.07) is 8.82. The van der Waals surface area contributed by atoms with Crippen molar-refractivity contribution in [1.82, 2.24) is 4.98 Å². The molecule has 0 amide bonds. The van der Waals surface area contributed by atoms with Gasteiger partial charge < -0.3 is 10.7 Å². The molecular weight excluding hydrogens is 248 g/mol. The van der Waals surface area contributed by atoms with Gasteiger partial charge >= 0.3 is 0 Å². The van der Waals surface area contributed by atoms with E-state index in [1.54, 1.807) is 6.07 Å². The zero-order valence-corrected chi connectivity index (χ0v) is 9.71. The second-order valence-electron chi connectivity index (χ2n) is 3.83. The standard InChI is InChI=1S/C12H10N4O3/c13-11(14)9-5-6-10(15-12(9)17)7-1-3-8(4-2-7)16(18)19/h1-6H,(H3,13,14)(H,15,17). The van der Waals surface area contributed by atoms with Crippen LogP contribution in [-0.4, -0.2) is 15.7 Å². The van der Waals surface area contributed by atoms with Crippen LogP contribution in [0, 0.1) is 15.5 Å². The summed E-state index contributed by atoms with van der Waals surface area (Å²) in [6.45, 7) is 0. The van der Waals surface area contributed by atoms with E-state index in [1.807, 2.05) is 0 Å². The number of aromatic amines is 1. The third kappa shape index (κ3) is 2.49. The molecular formula is C12H10N4O3. The first kappa shape index (κ1) is 12.5. The van der Waals surface area contributed by atoms with E-state index in [2.05, 4.69) is 4.98 Å². The maximum absolute atomic E-state index is 11.6. The van der Waals surface area contributed by atoms with Gasteiger partial charge in [0.05, 0.1) is 10.5 Å². The number of benzene rings is 1. The lowest BCUT2D eigenvalue weighted by Crippen LogP contribution is -2.23. The number of nitrogen functional groups attached to an aromatic ring is 1. The molecule has 1 aromatic heterocycles. The molecule has 0 atom stereocenters. The summed E-state index contributed by atoms with van der Waals surface area (Å²) in [5.41, 5.74) is 5.98. The second-order valence-corrected chi connectivity index (χ2v) is 3.83. The van der Waals surface area contributed by atoms with E-state index >= 15 is 0 Å². The van der Waals surface area contributed by atoms with Crippen molar-refractivity contribution in [2.75, 3.05) is 0 Å². The summed E-state index contributed by atoms with van der Waals surface area (Å²) in [4.78, 5) is 24.3. The van der Waals surface area contributed by atoms with Crippen LogP contribution >= 0.6 is 0 Å². The summed E-state index contributed by atoms with van der Waals surface area (Å²) < 4.78 is 0. The molecule has 0 radical (unpaired) electrons. The van der Waals surface area contributed by atoms with Gasteiger partial charge in [0.2, 0.25) is 0 Å². The summed E-state index contributed by atoms with van der Waals surface area (Å²) in [5.74, 6) is -0.309. The minimum absolute atomic E-state index is 0.0218. The smallest absolute Gasteiger partial charge is 0.269 e. The van der Waals surface area contributed by atoms with Gasteiger partial charge in [0.15, 0.2) is 0 Å². The molecule has 0 fully saturated rings. The Morgan fingerprint density at radius 2 is 1.84 bits per heavy atom. The van der Waals surface area contributed by atoms with Gasteiger partial charge in [0, 0.05) is 17.8 Å². The highest BCUT2D eigenvalue weighted by Crippen LogP contribution is 2.19. The summed E-state index contributed by atoms with van der Waals surface area (Å²) in [6.07, 6.45) is 0. The molecule has 0 aliphatic rings. The van der Waals surface area contributed by atoms with Gasteiger partial charge in [-0.15, -0.1) is 0 Å². The van der Waals surface area contributed by atoms with Crippen molar-refractivity contribution in [3.63, 3.8) is 0 Å². The van der Waals surface area contributed by atoms with Gasteiger partial charge in [-0.3, -0.25) is 20.3 Å². The normalized spacial score (nSPS) is 10.1. The zero-order chi connectivity index (χ0) is 14.0. The summed E-state index contributed by atoms with van der Waals surface area (Å²) in [7, 11) is 0. The Labute approximate surface area is 107 Å². The van der Waals surface area contributed by atoms with Gasteiger partial charge in [-0.2, -0.15) is 0 Å². The Morgan fingerprint density at radius 3 is 2.32 bits per heavy atom. The molecule has 7 heteroatoms. The lowest BCUT2D eigenvalue weighted by Gasteiger charge is -2.03. The number of nitrogens with one attached hydrogen (secondary N) is 2. The van der Waals surface area contributed by atoms with Crippen LogP contribution in [0.4, 0.5) is 5.69 Å². The van der Waals surface area contributed by atoms with Crippen LogP contribution in [0.1, 0.15) is 5.56 Å². The minimum Gasteiger partial charge on any atom is -0.384 e. The van der Waals surface area contributed by atoms with E-state index in [9.17, 15) is 14.9 Å². The monoisotopic (exact) mass is 258 g/mol. The number of nitro groups is 1. The van der Waals surface area contributed by atoms with Crippen molar-refractivity contribution >= 4 is 11.5 Å². The van der Waals surface area contributed by atoms with Crippen molar-refractivity contribution in [2.24, 2.45) is 5.73 Å². The van der Waals surface area contributed by atoms with Crippen LogP contribution in [0.25, 0.3) is 11.3 Å². The van der Waals surface area contributed by atoms with E-state index in [0.717, 1.165) is 0 Å². The van der Waals surface area contributed by atoms with Gasteiger partial charge in [-0.05, 0) is 29.8 Å². The average molecular weight is 258 g/mol. The number of pyridine rings is 1. The van der Waals surface area contributed by atoms with Crippen molar-refractivity contribution < 1.29 is 4.92 Å². The van der Waals surface area contributed by atoms with Crippen molar-refractivity contribution in [1.29, 1.82) is 5.41 Å². The van der Waals surface area contributed by atoms with Crippen LogP contribution in [0.5, 0.6) is 0 Å². The Hall–Kier alpha value is -2.96. The SMILES string of the molecule is N=C(N)c1ccc(-c2ccc([N+](=O)[O-])cc2)[nH]c1=O. The number of H-pyrrole nitrogens is 1. The molecule has 0 unspecified atom stereocenters. The first-order valence-electron chi connectivity index (χ1n) is 5.31. The lowest BCUT2D eigenvalue weighted by atomic mass is 10.1. The highest BCUT2D eigenvalue weighted by molar-refractivity contribution is 5.94. The first-order valence-corrected chi connectivity index (χ1v) is 5.31. The van der Waals surface area contributed by atoms with E-state index in [1.165, 1.54) is 30.3 Å². The average Bonchev–Trinajstić information content (AvgIpc) is 2.38. The molecule has 0 saturated carbocycles. The van der Waals surface area contributed by atoms with Gasteiger partial charge in [-0.1, -0.05) is 0 Å². The van der Waals surface area contributed by atoms with E-state index in [0.29, 0.717) is 11.3 Å². The fourth-order valence-corrected chi connectivity index (χ4v) is 1.62. The lowest BCUT2D eigenvalue weighted by molar-refractivity contribution is -0.384. The Bertz CT molecular complexity index is 704. The van der Waals surface area contributed by atoms with Crippen LogP contribution in [0.2, 0.25) is 0 Å². The van der Waals surface area contributed by atoms with Crippen LogP contribution in [0.3, 0.4) is 0 Å². The molecule has 4 N–H and O–H groups in total. The van der Waals surface area contributed by atoms with E-state index in [-0.39, 0.29) is 17.1 Å². The molecule has 96 valence electrons. The summed E-state index contributed by atoms with van der Waals surface area (Å²) >= 11 is 0. The Balaban J connectivity index is 2.42. The van der Waals surface area contributed by atoms with Gasteiger partial charge in [0.25, 0.3) is 11.2 Å². The first-order chi connectivity index (χ1) is 8.99. The molecule has 2 rings (SSSR count). The molecule has 2 aromatic rings. The zero-order valence-electron chi connectivity index (χ0n) is 9.71. The molecule has 0 aliphatic heterocycles. The number of nitro benzene ring substituents is 1. The number of hydrogen-bond acceptors (Lipinski definition) is 4. The number of rotatable bonds is 3. The Kier molecular flexibility index (Phi) is 3.11. The summed E-state index contributed by atoms with van der Waals surface area (Å²) in [5, 5.41) is 17.7. The third-order valence-corrected chi connectivity index (χ3v) is 2.59. The molecule has 1 heterocycles. The largest absolute Gasteiger partial charge is 0.384 e. The minimum atomic E-state index is -0.495. The molecule has 0 saturated heterocycles. The molecule has 7 nitrogen and oxygen atoms in total. The van der Waals surface area contributed by atoms with Crippen molar-refractivity contribution in [3.05, 3.63) is 62.4 Å². The third-order valence-electron chi connectivity index (χ3n) is 2.59. The van der Waals surface area contributed by atoms with Crippen LogP contribution < -0.4 is 11.3 Å². The molecule has 0 spiro atoms. The van der Waals surface area contributed by atoms with Crippen molar-refractivity contribution in [2.45, 2.75) is 0 Å². The fraction of sp³-hybridized carbons (Fsp3) is 0. The number of amidine groups is 1. The number of aromatic nitrogens is 1. The predicted octanol–water partition coefficient (Wildman–Crippen LogP) is 1.23. The number of hydrogen-bond donors (Lipinski definition) is 3. The molecule has 0 bridgehead atoms. The highest BCUT2D eigenvalue weighted by Gasteiger charge is 2.08. The van der Waals surface area contributed by atoms with Crippen LogP contribution in [-0.2, 0) is 0 Å². The van der Waals surface area contributed by atoms with Crippen LogP contribution in [0.15, 0.2) is 41.2 Å².